The average Bonchev–Trinajstić information content (AvgIpc) is 2.19. The van der Waals surface area contributed by atoms with Crippen molar-refractivity contribution < 1.29 is 14.7 Å². The smallest absolute Gasteiger partial charge is 0.323 e. The second-order valence-corrected chi connectivity index (χ2v) is 4.73. The molecule has 2 amide bonds. The summed E-state index contributed by atoms with van der Waals surface area (Å²) in [7, 11) is 0. The number of carbonyl (C=O) groups excluding carboxylic acids is 1. The standard InChI is InChI=1S/C11H20N2O3/c1-3-13(7-9(14)15)10(16)12-8-11(2)5-4-6-11/h3-8H2,1-2H3,(H,12,16)(H,14,15). The Bertz CT molecular complexity index is 274. The lowest BCUT2D eigenvalue weighted by atomic mass is 9.70. The van der Waals surface area contributed by atoms with E-state index < -0.39 is 5.97 Å². The number of urea groups is 1. The van der Waals surface area contributed by atoms with E-state index in [1.807, 2.05) is 0 Å². The van der Waals surface area contributed by atoms with Crippen molar-refractivity contribution in [1.82, 2.24) is 10.2 Å². The van der Waals surface area contributed by atoms with Crippen molar-refractivity contribution in [2.24, 2.45) is 5.41 Å². The van der Waals surface area contributed by atoms with E-state index in [4.69, 9.17) is 5.11 Å². The highest BCUT2D eigenvalue weighted by Crippen LogP contribution is 2.39. The number of carboxylic acids is 1. The number of carboxylic acid groups (broad SMARTS) is 1. The Balaban J connectivity index is 2.34. The Morgan fingerprint density at radius 2 is 2.06 bits per heavy atom. The normalized spacial score (nSPS) is 17.4. The first kappa shape index (κ1) is 12.8. The third-order valence-corrected chi connectivity index (χ3v) is 3.22. The molecule has 0 aromatic heterocycles. The number of hydrogen-bond donors (Lipinski definition) is 2. The summed E-state index contributed by atoms with van der Waals surface area (Å²) in [5.74, 6) is -0.980. The lowest BCUT2D eigenvalue weighted by molar-refractivity contribution is -0.137. The highest BCUT2D eigenvalue weighted by Gasteiger charge is 2.32. The molecule has 0 unspecified atom stereocenters. The molecule has 92 valence electrons. The van der Waals surface area contributed by atoms with Crippen LogP contribution in [0.25, 0.3) is 0 Å². The molecule has 1 saturated carbocycles. The average molecular weight is 228 g/mol. The van der Waals surface area contributed by atoms with Crippen molar-refractivity contribution in [3.63, 3.8) is 0 Å². The van der Waals surface area contributed by atoms with Crippen molar-refractivity contribution in [3.8, 4) is 0 Å². The molecule has 1 fully saturated rings. The third-order valence-electron chi connectivity index (χ3n) is 3.22. The number of carbonyl (C=O) groups is 2. The van der Waals surface area contributed by atoms with E-state index in [0.717, 1.165) is 12.8 Å². The Labute approximate surface area is 95.8 Å². The molecule has 0 heterocycles. The number of aliphatic carboxylic acids is 1. The van der Waals surface area contributed by atoms with Crippen molar-refractivity contribution in [2.45, 2.75) is 33.1 Å². The molecule has 0 radical (unpaired) electrons. The van der Waals surface area contributed by atoms with Crippen LogP contribution in [-0.2, 0) is 4.79 Å². The minimum atomic E-state index is -0.980. The van der Waals surface area contributed by atoms with Gasteiger partial charge in [-0.25, -0.2) is 4.79 Å². The molecule has 1 aliphatic carbocycles. The van der Waals surface area contributed by atoms with Crippen LogP contribution in [0.4, 0.5) is 4.79 Å². The van der Waals surface area contributed by atoms with Crippen LogP contribution in [0.5, 0.6) is 0 Å². The Morgan fingerprint density at radius 1 is 1.44 bits per heavy atom. The minimum Gasteiger partial charge on any atom is -0.480 e. The molecular weight excluding hydrogens is 208 g/mol. The number of rotatable bonds is 5. The molecule has 0 saturated heterocycles. The topological polar surface area (TPSA) is 69.6 Å². The first-order valence-electron chi connectivity index (χ1n) is 5.71. The van der Waals surface area contributed by atoms with E-state index in [1.54, 1.807) is 6.92 Å². The van der Waals surface area contributed by atoms with Gasteiger partial charge in [-0.3, -0.25) is 4.79 Å². The summed E-state index contributed by atoms with van der Waals surface area (Å²) >= 11 is 0. The SMILES string of the molecule is CCN(CC(=O)O)C(=O)NCC1(C)CCC1. The molecular formula is C11H20N2O3. The highest BCUT2D eigenvalue weighted by molar-refractivity contribution is 5.80. The summed E-state index contributed by atoms with van der Waals surface area (Å²) in [5.41, 5.74) is 0.221. The maximum absolute atomic E-state index is 11.6. The molecule has 0 atom stereocenters. The van der Waals surface area contributed by atoms with Gasteiger partial charge < -0.3 is 15.3 Å². The minimum absolute atomic E-state index is 0.221. The van der Waals surface area contributed by atoms with Gasteiger partial charge in [0.25, 0.3) is 0 Å². The maximum atomic E-state index is 11.6. The summed E-state index contributed by atoms with van der Waals surface area (Å²) in [6.07, 6.45) is 3.50. The van der Waals surface area contributed by atoms with Crippen LogP contribution in [-0.4, -0.2) is 41.6 Å². The fourth-order valence-electron chi connectivity index (χ4n) is 1.85. The molecule has 2 N–H and O–H groups in total. The Morgan fingerprint density at radius 3 is 2.44 bits per heavy atom. The number of likely N-dealkylation sites (N-methyl/N-ethyl adjacent to an activating group) is 1. The molecule has 0 aromatic carbocycles. The quantitative estimate of drug-likeness (QED) is 0.745. The van der Waals surface area contributed by atoms with Gasteiger partial charge in [-0.05, 0) is 25.2 Å². The first-order valence-corrected chi connectivity index (χ1v) is 5.71. The summed E-state index contributed by atoms with van der Waals surface area (Å²) in [4.78, 5) is 23.5. The predicted octanol–water partition coefficient (Wildman–Crippen LogP) is 1.29. The van der Waals surface area contributed by atoms with E-state index in [0.29, 0.717) is 13.1 Å². The first-order chi connectivity index (χ1) is 7.47. The van der Waals surface area contributed by atoms with E-state index in [9.17, 15) is 9.59 Å². The zero-order valence-corrected chi connectivity index (χ0v) is 9.95. The zero-order chi connectivity index (χ0) is 12.2. The zero-order valence-electron chi connectivity index (χ0n) is 9.95. The van der Waals surface area contributed by atoms with E-state index in [-0.39, 0.29) is 18.0 Å². The summed E-state index contributed by atoms with van der Waals surface area (Å²) in [5, 5.41) is 11.4. The molecule has 16 heavy (non-hydrogen) atoms. The van der Waals surface area contributed by atoms with Gasteiger partial charge in [0.05, 0.1) is 0 Å². The van der Waals surface area contributed by atoms with Crippen molar-refractivity contribution in [3.05, 3.63) is 0 Å². The monoisotopic (exact) mass is 228 g/mol. The molecule has 5 heteroatoms. The van der Waals surface area contributed by atoms with Crippen LogP contribution in [0.1, 0.15) is 33.1 Å². The van der Waals surface area contributed by atoms with Crippen LogP contribution < -0.4 is 5.32 Å². The predicted molar refractivity (Wildman–Crippen MR) is 60.2 cm³/mol. The van der Waals surface area contributed by atoms with Crippen LogP contribution in [0, 0.1) is 5.41 Å². The molecule has 1 aliphatic rings. The van der Waals surface area contributed by atoms with Gasteiger partial charge in [0.2, 0.25) is 0 Å². The van der Waals surface area contributed by atoms with Gasteiger partial charge in [-0.1, -0.05) is 13.3 Å². The van der Waals surface area contributed by atoms with E-state index in [2.05, 4.69) is 12.2 Å². The van der Waals surface area contributed by atoms with Crippen molar-refractivity contribution >= 4 is 12.0 Å². The van der Waals surface area contributed by atoms with Gasteiger partial charge in [0.1, 0.15) is 6.54 Å². The number of hydrogen-bond acceptors (Lipinski definition) is 2. The van der Waals surface area contributed by atoms with E-state index >= 15 is 0 Å². The molecule has 0 aromatic rings. The second-order valence-electron chi connectivity index (χ2n) is 4.73. The van der Waals surface area contributed by atoms with Crippen LogP contribution in [0.3, 0.4) is 0 Å². The van der Waals surface area contributed by atoms with Crippen molar-refractivity contribution in [1.29, 1.82) is 0 Å². The Kier molecular flexibility index (Phi) is 4.15. The van der Waals surface area contributed by atoms with Crippen LogP contribution in [0.2, 0.25) is 0 Å². The maximum Gasteiger partial charge on any atom is 0.323 e. The van der Waals surface area contributed by atoms with Crippen LogP contribution >= 0.6 is 0 Å². The summed E-state index contributed by atoms with van der Waals surface area (Å²) in [6.45, 7) is 4.73. The Hall–Kier alpha value is -1.26. The highest BCUT2D eigenvalue weighted by atomic mass is 16.4. The van der Waals surface area contributed by atoms with Crippen LogP contribution in [0.15, 0.2) is 0 Å². The second kappa shape index (κ2) is 5.18. The van der Waals surface area contributed by atoms with Crippen molar-refractivity contribution in [2.75, 3.05) is 19.6 Å². The number of nitrogens with zero attached hydrogens (tertiary/aromatic N) is 1. The number of amides is 2. The molecule has 0 bridgehead atoms. The lowest BCUT2D eigenvalue weighted by Crippen LogP contribution is -2.47. The summed E-state index contributed by atoms with van der Waals surface area (Å²) in [6, 6.07) is -0.280. The van der Waals surface area contributed by atoms with E-state index in [1.165, 1.54) is 11.3 Å². The van der Waals surface area contributed by atoms with Gasteiger partial charge in [0.15, 0.2) is 0 Å². The largest absolute Gasteiger partial charge is 0.480 e. The summed E-state index contributed by atoms with van der Waals surface area (Å²) < 4.78 is 0. The van der Waals surface area contributed by atoms with Gasteiger partial charge in [-0.15, -0.1) is 0 Å². The molecule has 0 aliphatic heterocycles. The fraction of sp³-hybridized carbons (Fsp3) is 0.818. The molecule has 5 nitrogen and oxygen atoms in total. The number of nitrogens with one attached hydrogen (secondary N) is 1. The molecule has 0 spiro atoms. The third kappa shape index (κ3) is 3.40. The lowest BCUT2D eigenvalue weighted by Gasteiger charge is -2.38. The molecule has 1 rings (SSSR count). The fourth-order valence-corrected chi connectivity index (χ4v) is 1.85. The van der Waals surface area contributed by atoms with Gasteiger partial charge in [0, 0.05) is 13.1 Å². The van der Waals surface area contributed by atoms with Gasteiger partial charge in [-0.2, -0.15) is 0 Å². The van der Waals surface area contributed by atoms with Gasteiger partial charge >= 0.3 is 12.0 Å².